The molecule has 1 aromatic rings. The Bertz CT molecular complexity index is 321. The van der Waals surface area contributed by atoms with E-state index in [2.05, 4.69) is 19.2 Å². The highest BCUT2D eigenvalue weighted by atomic mass is 19.1. The van der Waals surface area contributed by atoms with Crippen LogP contribution in [0, 0.1) is 11.7 Å². The lowest BCUT2D eigenvalue weighted by atomic mass is 10.0. The van der Waals surface area contributed by atoms with E-state index in [0.717, 1.165) is 36.9 Å². The molecule has 0 atom stereocenters. The maximum absolute atomic E-state index is 13.5. The van der Waals surface area contributed by atoms with Crippen molar-refractivity contribution < 1.29 is 4.39 Å². The highest BCUT2D eigenvalue weighted by Gasteiger charge is 2.04. The van der Waals surface area contributed by atoms with Gasteiger partial charge in [-0.3, -0.25) is 0 Å². The Morgan fingerprint density at radius 1 is 1.31 bits per heavy atom. The molecule has 0 unspecified atom stereocenters. The predicted molar refractivity (Wildman–Crippen MR) is 66.9 cm³/mol. The number of nitrogens with one attached hydrogen (secondary N) is 1. The van der Waals surface area contributed by atoms with E-state index < -0.39 is 0 Å². The molecule has 16 heavy (non-hydrogen) atoms. The fourth-order valence-corrected chi connectivity index (χ4v) is 1.83. The third-order valence-corrected chi connectivity index (χ3v) is 2.72. The third-order valence-electron chi connectivity index (χ3n) is 2.72. The number of hydrogen-bond donors (Lipinski definition) is 1. The maximum atomic E-state index is 13.5. The first kappa shape index (κ1) is 13.2. The van der Waals surface area contributed by atoms with Gasteiger partial charge in [0.2, 0.25) is 0 Å². The number of rotatable bonds is 6. The summed E-state index contributed by atoms with van der Waals surface area (Å²) in [5, 5.41) is 3.08. The lowest BCUT2D eigenvalue weighted by Crippen LogP contribution is -2.06. The molecule has 1 aromatic carbocycles. The van der Waals surface area contributed by atoms with Gasteiger partial charge < -0.3 is 5.32 Å². The first-order valence-corrected chi connectivity index (χ1v) is 6.05. The summed E-state index contributed by atoms with van der Waals surface area (Å²) in [6.45, 7) is 5.21. The monoisotopic (exact) mass is 223 g/mol. The minimum atomic E-state index is -0.0661. The van der Waals surface area contributed by atoms with Crippen LogP contribution in [0.1, 0.15) is 37.8 Å². The van der Waals surface area contributed by atoms with Crippen LogP contribution >= 0.6 is 0 Å². The Morgan fingerprint density at radius 3 is 2.69 bits per heavy atom. The fourth-order valence-electron chi connectivity index (χ4n) is 1.83. The zero-order valence-electron chi connectivity index (χ0n) is 10.5. The zero-order chi connectivity index (χ0) is 12.0. The van der Waals surface area contributed by atoms with Gasteiger partial charge in [0.25, 0.3) is 0 Å². The van der Waals surface area contributed by atoms with Crippen LogP contribution < -0.4 is 5.32 Å². The summed E-state index contributed by atoms with van der Waals surface area (Å²) in [6.07, 6.45) is 3.08. The molecule has 0 aliphatic carbocycles. The number of benzene rings is 1. The van der Waals surface area contributed by atoms with Gasteiger partial charge in [-0.25, -0.2) is 4.39 Å². The molecule has 0 amide bonds. The van der Waals surface area contributed by atoms with Crippen molar-refractivity contribution in [3.8, 4) is 0 Å². The lowest BCUT2D eigenvalue weighted by molar-refractivity contribution is 0.542. The fraction of sp³-hybridized carbons (Fsp3) is 0.571. The summed E-state index contributed by atoms with van der Waals surface area (Å²) in [7, 11) is 1.90. The van der Waals surface area contributed by atoms with Crippen LogP contribution in [0.25, 0.3) is 0 Å². The van der Waals surface area contributed by atoms with Crippen molar-refractivity contribution in [1.29, 1.82) is 0 Å². The second-order valence-corrected chi connectivity index (χ2v) is 4.74. The molecule has 1 N–H and O–H groups in total. The van der Waals surface area contributed by atoms with E-state index in [4.69, 9.17) is 0 Å². The lowest BCUT2D eigenvalue weighted by Gasteiger charge is -2.08. The van der Waals surface area contributed by atoms with Gasteiger partial charge in [-0.1, -0.05) is 32.4 Å². The highest BCUT2D eigenvalue weighted by molar-refractivity contribution is 5.25. The number of halogens is 1. The number of aryl methyl sites for hydroxylation is 1. The molecule has 0 heterocycles. The summed E-state index contributed by atoms with van der Waals surface area (Å²) in [5.41, 5.74) is 2.01. The van der Waals surface area contributed by atoms with Gasteiger partial charge in [0.1, 0.15) is 5.82 Å². The smallest absolute Gasteiger partial charge is 0.126 e. The molecule has 2 heteroatoms. The Hall–Kier alpha value is -0.890. The van der Waals surface area contributed by atoms with E-state index in [1.165, 1.54) is 0 Å². The van der Waals surface area contributed by atoms with Crippen LogP contribution in [0.15, 0.2) is 18.2 Å². The van der Waals surface area contributed by atoms with Crippen LogP contribution in [0.3, 0.4) is 0 Å². The van der Waals surface area contributed by atoms with Crippen molar-refractivity contribution in [1.82, 2.24) is 5.32 Å². The van der Waals surface area contributed by atoms with Crippen molar-refractivity contribution >= 4 is 0 Å². The molecule has 0 fully saturated rings. The van der Waals surface area contributed by atoms with Gasteiger partial charge in [-0.15, -0.1) is 0 Å². The summed E-state index contributed by atoms with van der Waals surface area (Å²) in [4.78, 5) is 0. The molecule has 0 aliphatic heterocycles. The molecule has 0 saturated heterocycles. The van der Waals surface area contributed by atoms with E-state index in [-0.39, 0.29) is 5.82 Å². The Balaban J connectivity index is 2.59. The van der Waals surface area contributed by atoms with Gasteiger partial charge >= 0.3 is 0 Å². The maximum Gasteiger partial charge on any atom is 0.126 e. The van der Waals surface area contributed by atoms with Crippen LogP contribution in [-0.2, 0) is 13.0 Å². The predicted octanol–water partition coefficient (Wildman–Crippen LogP) is 3.52. The minimum absolute atomic E-state index is 0.0661. The Kier molecular flexibility index (Phi) is 5.47. The summed E-state index contributed by atoms with van der Waals surface area (Å²) >= 11 is 0. The quantitative estimate of drug-likeness (QED) is 0.778. The van der Waals surface area contributed by atoms with Crippen LogP contribution in [0.2, 0.25) is 0 Å². The molecular formula is C14H22FN. The highest BCUT2D eigenvalue weighted by Crippen LogP contribution is 2.15. The van der Waals surface area contributed by atoms with Gasteiger partial charge in [-0.2, -0.15) is 0 Å². The Morgan fingerprint density at radius 2 is 2.06 bits per heavy atom. The molecule has 0 spiro atoms. The molecule has 0 saturated carbocycles. The average molecular weight is 223 g/mol. The minimum Gasteiger partial charge on any atom is -0.316 e. The molecule has 1 nitrogen and oxygen atoms in total. The zero-order valence-corrected chi connectivity index (χ0v) is 10.5. The second kappa shape index (κ2) is 6.64. The van der Waals surface area contributed by atoms with Crippen molar-refractivity contribution in [3.05, 3.63) is 35.1 Å². The van der Waals surface area contributed by atoms with Gasteiger partial charge in [0, 0.05) is 6.54 Å². The van der Waals surface area contributed by atoms with Gasteiger partial charge in [0.15, 0.2) is 0 Å². The first-order valence-electron chi connectivity index (χ1n) is 6.05. The summed E-state index contributed by atoms with van der Waals surface area (Å²) < 4.78 is 13.5. The van der Waals surface area contributed by atoms with Crippen molar-refractivity contribution in [3.63, 3.8) is 0 Å². The number of hydrogen-bond acceptors (Lipinski definition) is 1. The van der Waals surface area contributed by atoms with Gasteiger partial charge in [-0.05, 0) is 43.0 Å². The first-order chi connectivity index (χ1) is 7.63. The third kappa shape index (κ3) is 4.31. The van der Waals surface area contributed by atoms with Crippen molar-refractivity contribution in [2.24, 2.45) is 5.92 Å². The second-order valence-electron chi connectivity index (χ2n) is 4.74. The van der Waals surface area contributed by atoms with E-state index in [9.17, 15) is 4.39 Å². The normalized spacial score (nSPS) is 11.1. The van der Waals surface area contributed by atoms with E-state index in [1.54, 1.807) is 6.07 Å². The van der Waals surface area contributed by atoms with E-state index in [1.807, 2.05) is 19.2 Å². The standard InChI is InChI=1S/C14H22FN/c1-11(2)5-4-6-13-9-12(10-16-3)7-8-14(13)15/h7-9,11,16H,4-6,10H2,1-3H3. The summed E-state index contributed by atoms with van der Waals surface area (Å²) in [5.74, 6) is 0.632. The Labute approximate surface area is 98.1 Å². The van der Waals surface area contributed by atoms with Crippen molar-refractivity contribution in [2.45, 2.75) is 39.7 Å². The molecule has 1 rings (SSSR count). The van der Waals surface area contributed by atoms with Gasteiger partial charge in [0.05, 0.1) is 0 Å². The molecular weight excluding hydrogens is 201 g/mol. The summed E-state index contributed by atoms with van der Waals surface area (Å²) in [6, 6.07) is 5.40. The molecule has 90 valence electrons. The van der Waals surface area contributed by atoms with E-state index >= 15 is 0 Å². The SMILES string of the molecule is CNCc1ccc(F)c(CCCC(C)C)c1. The molecule has 0 radical (unpaired) electrons. The largest absolute Gasteiger partial charge is 0.316 e. The van der Waals surface area contributed by atoms with E-state index in [0.29, 0.717) is 5.92 Å². The average Bonchev–Trinajstić information content (AvgIpc) is 2.22. The van der Waals surface area contributed by atoms with Crippen LogP contribution in [-0.4, -0.2) is 7.05 Å². The van der Waals surface area contributed by atoms with Crippen molar-refractivity contribution in [2.75, 3.05) is 7.05 Å². The topological polar surface area (TPSA) is 12.0 Å². The molecule has 0 aromatic heterocycles. The molecule has 0 aliphatic rings. The molecule has 0 bridgehead atoms. The van der Waals surface area contributed by atoms with Crippen LogP contribution in [0.4, 0.5) is 4.39 Å². The van der Waals surface area contributed by atoms with Crippen LogP contribution in [0.5, 0.6) is 0 Å².